The highest BCUT2D eigenvalue weighted by molar-refractivity contribution is 5.80. The molecule has 21 heavy (non-hydrogen) atoms. The fourth-order valence-corrected chi connectivity index (χ4v) is 1.54. The van der Waals surface area contributed by atoms with E-state index in [4.69, 9.17) is 0 Å². The number of carbonyl (C=O) groups is 1. The largest absolute Gasteiger partial charge is 0.358 e. The van der Waals surface area contributed by atoms with Gasteiger partial charge < -0.3 is 15.5 Å². The van der Waals surface area contributed by atoms with Gasteiger partial charge in [-0.3, -0.25) is 4.79 Å². The van der Waals surface area contributed by atoms with Gasteiger partial charge in [0.15, 0.2) is 0 Å². The fraction of sp³-hybridized carbons (Fsp3) is 0.455. The van der Waals surface area contributed by atoms with Gasteiger partial charge in [-0.1, -0.05) is 0 Å². The molecule has 0 aromatic carbocycles. The van der Waals surface area contributed by atoms with Crippen LogP contribution >= 0.6 is 0 Å². The summed E-state index contributed by atoms with van der Waals surface area (Å²) in [7, 11) is 3.31. The van der Waals surface area contributed by atoms with Gasteiger partial charge in [0.2, 0.25) is 17.8 Å². The van der Waals surface area contributed by atoms with Crippen LogP contribution in [0.1, 0.15) is 6.92 Å². The van der Waals surface area contributed by atoms with Crippen LogP contribution in [-0.4, -0.2) is 62.8 Å². The van der Waals surface area contributed by atoms with Crippen molar-refractivity contribution in [3.05, 3.63) is 12.7 Å². The standard InChI is InChI=1S/C11H17N9O/c1-4-14-9-16-10(19(3)5-8(21)12-2)18-11(17-9)20-7-13-6-15-20/h6-7H,4-5H2,1-3H3,(H,12,21)(H,14,16,17,18). The minimum absolute atomic E-state index is 0.134. The maximum atomic E-state index is 11.5. The van der Waals surface area contributed by atoms with Gasteiger partial charge >= 0.3 is 0 Å². The molecule has 2 N–H and O–H groups in total. The Hall–Kier alpha value is -2.78. The zero-order valence-corrected chi connectivity index (χ0v) is 12.1. The Balaban J connectivity index is 2.33. The topological polar surface area (TPSA) is 114 Å². The molecule has 0 radical (unpaired) electrons. The number of nitrogens with zero attached hydrogens (tertiary/aromatic N) is 7. The van der Waals surface area contributed by atoms with E-state index in [0.29, 0.717) is 24.4 Å². The summed E-state index contributed by atoms with van der Waals surface area (Å²) >= 11 is 0. The molecule has 2 rings (SSSR count). The van der Waals surface area contributed by atoms with Crippen LogP contribution in [0.15, 0.2) is 12.7 Å². The van der Waals surface area contributed by atoms with E-state index in [1.54, 1.807) is 19.0 Å². The molecule has 0 spiro atoms. The number of aromatic nitrogens is 6. The normalized spacial score (nSPS) is 10.2. The Kier molecular flexibility index (Phi) is 4.59. The van der Waals surface area contributed by atoms with E-state index in [9.17, 15) is 4.79 Å². The van der Waals surface area contributed by atoms with E-state index in [2.05, 4.69) is 35.7 Å². The predicted octanol–water partition coefficient (Wildman–Crippen LogP) is -0.934. The number of hydrogen-bond acceptors (Lipinski definition) is 8. The maximum absolute atomic E-state index is 11.5. The average Bonchev–Trinajstić information content (AvgIpc) is 3.01. The van der Waals surface area contributed by atoms with Crippen LogP contribution in [0.5, 0.6) is 0 Å². The predicted molar refractivity (Wildman–Crippen MR) is 76.2 cm³/mol. The Morgan fingerprint density at radius 2 is 2.19 bits per heavy atom. The summed E-state index contributed by atoms with van der Waals surface area (Å²) in [4.78, 5) is 29.8. The number of amides is 1. The van der Waals surface area contributed by atoms with Gasteiger partial charge in [-0.15, -0.1) is 0 Å². The van der Waals surface area contributed by atoms with Gasteiger partial charge in [-0.2, -0.15) is 24.7 Å². The molecule has 0 aliphatic rings. The summed E-state index contributed by atoms with van der Waals surface area (Å²) in [6.45, 7) is 2.75. The van der Waals surface area contributed by atoms with Crippen molar-refractivity contribution in [1.82, 2.24) is 35.0 Å². The molecule has 2 aromatic rings. The zero-order chi connectivity index (χ0) is 15.2. The Bertz CT molecular complexity index is 598. The first-order valence-corrected chi connectivity index (χ1v) is 6.40. The lowest BCUT2D eigenvalue weighted by Crippen LogP contribution is -2.34. The molecule has 10 heteroatoms. The number of rotatable bonds is 6. The summed E-state index contributed by atoms with van der Waals surface area (Å²) in [5.41, 5.74) is 0. The second kappa shape index (κ2) is 6.59. The zero-order valence-electron chi connectivity index (χ0n) is 12.1. The summed E-state index contributed by atoms with van der Waals surface area (Å²) in [6, 6.07) is 0. The highest BCUT2D eigenvalue weighted by Crippen LogP contribution is 2.11. The van der Waals surface area contributed by atoms with Crippen LogP contribution in [0.25, 0.3) is 5.95 Å². The molecule has 0 fully saturated rings. The third-order valence-corrected chi connectivity index (χ3v) is 2.57. The molecule has 2 aromatic heterocycles. The number of hydrogen-bond donors (Lipinski definition) is 2. The van der Waals surface area contributed by atoms with Crippen molar-refractivity contribution in [3.8, 4) is 5.95 Å². The van der Waals surface area contributed by atoms with Crippen LogP contribution in [0, 0.1) is 0 Å². The minimum Gasteiger partial charge on any atom is -0.358 e. The van der Waals surface area contributed by atoms with Crippen molar-refractivity contribution in [1.29, 1.82) is 0 Å². The number of nitrogens with one attached hydrogen (secondary N) is 2. The highest BCUT2D eigenvalue weighted by atomic mass is 16.1. The van der Waals surface area contributed by atoms with Gasteiger partial charge in [-0.05, 0) is 6.92 Å². The Labute approximate surface area is 121 Å². The molecule has 2 heterocycles. The van der Waals surface area contributed by atoms with Crippen molar-refractivity contribution in [2.24, 2.45) is 0 Å². The van der Waals surface area contributed by atoms with Crippen LogP contribution in [0.3, 0.4) is 0 Å². The monoisotopic (exact) mass is 291 g/mol. The molecule has 0 bridgehead atoms. The van der Waals surface area contributed by atoms with Gasteiger partial charge in [0.25, 0.3) is 5.95 Å². The van der Waals surface area contributed by atoms with Crippen LogP contribution in [-0.2, 0) is 4.79 Å². The van der Waals surface area contributed by atoms with E-state index >= 15 is 0 Å². The minimum atomic E-state index is -0.134. The second-order valence-electron chi connectivity index (χ2n) is 4.16. The molecular weight excluding hydrogens is 274 g/mol. The van der Waals surface area contributed by atoms with Gasteiger partial charge in [0, 0.05) is 20.6 Å². The van der Waals surface area contributed by atoms with Crippen molar-refractivity contribution in [3.63, 3.8) is 0 Å². The van der Waals surface area contributed by atoms with Gasteiger partial charge in [0.05, 0.1) is 6.54 Å². The Morgan fingerprint density at radius 3 is 2.81 bits per heavy atom. The number of likely N-dealkylation sites (N-methyl/N-ethyl adjacent to an activating group) is 2. The molecule has 112 valence electrons. The molecule has 0 unspecified atom stereocenters. The third kappa shape index (κ3) is 3.61. The van der Waals surface area contributed by atoms with E-state index in [1.165, 1.54) is 17.3 Å². The Morgan fingerprint density at radius 1 is 1.38 bits per heavy atom. The number of anilines is 2. The number of carbonyl (C=O) groups excluding carboxylic acids is 1. The molecule has 0 aliphatic carbocycles. The lowest BCUT2D eigenvalue weighted by molar-refractivity contribution is -0.119. The summed E-state index contributed by atoms with van der Waals surface area (Å²) < 4.78 is 1.43. The van der Waals surface area contributed by atoms with Crippen LogP contribution < -0.4 is 15.5 Å². The lowest BCUT2D eigenvalue weighted by atomic mass is 10.5. The molecule has 10 nitrogen and oxygen atoms in total. The van der Waals surface area contributed by atoms with Gasteiger partial charge in [-0.25, -0.2) is 4.98 Å². The first-order valence-electron chi connectivity index (χ1n) is 6.40. The molecule has 0 saturated heterocycles. The SMILES string of the molecule is CCNc1nc(N(C)CC(=O)NC)nc(-n2cncn2)n1. The molecule has 0 saturated carbocycles. The average molecular weight is 291 g/mol. The summed E-state index contributed by atoms with van der Waals surface area (Å²) in [5.74, 6) is 0.981. The summed E-state index contributed by atoms with van der Waals surface area (Å²) in [5, 5.41) is 9.57. The van der Waals surface area contributed by atoms with Crippen LogP contribution in [0.2, 0.25) is 0 Å². The first-order chi connectivity index (χ1) is 10.1. The lowest BCUT2D eigenvalue weighted by Gasteiger charge is -2.17. The quantitative estimate of drug-likeness (QED) is 0.701. The van der Waals surface area contributed by atoms with Crippen molar-refractivity contribution < 1.29 is 4.79 Å². The van der Waals surface area contributed by atoms with Crippen molar-refractivity contribution >= 4 is 17.8 Å². The van der Waals surface area contributed by atoms with Crippen molar-refractivity contribution in [2.75, 3.05) is 37.4 Å². The smallest absolute Gasteiger partial charge is 0.258 e. The third-order valence-electron chi connectivity index (χ3n) is 2.57. The molecular formula is C11H17N9O. The van der Waals surface area contributed by atoms with E-state index in [1.807, 2.05) is 6.92 Å². The van der Waals surface area contributed by atoms with E-state index < -0.39 is 0 Å². The summed E-state index contributed by atoms with van der Waals surface area (Å²) in [6.07, 6.45) is 2.89. The van der Waals surface area contributed by atoms with E-state index in [0.717, 1.165) is 0 Å². The van der Waals surface area contributed by atoms with Gasteiger partial charge in [0.1, 0.15) is 12.7 Å². The maximum Gasteiger partial charge on any atom is 0.258 e. The fourth-order valence-electron chi connectivity index (χ4n) is 1.54. The molecule has 0 aliphatic heterocycles. The van der Waals surface area contributed by atoms with E-state index in [-0.39, 0.29) is 12.5 Å². The second-order valence-corrected chi connectivity index (χ2v) is 4.16. The highest BCUT2D eigenvalue weighted by Gasteiger charge is 2.13. The molecule has 1 amide bonds. The molecule has 0 atom stereocenters. The van der Waals surface area contributed by atoms with Crippen molar-refractivity contribution in [2.45, 2.75) is 6.92 Å². The first kappa shape index (κ1) is 14.6. The van der Waals surface area contributed by atoms with Crippen LogP contribution in [0.4, 0.5) is 11.9 Å².